The Hall–Kier alpha value is -4.22. The first-order valence-electron chi connectivity index (χ1n) is 10.8. The summed E-state index contributed by atoms with van der Waals surface area (Å²) in [4.78, 5) is 35.5. The number of rotatable bonds is 12. The Morgan fingerprint density at radius 2 is 1.50 bits per heavy atom. The lowest BCUT2D eigenvalue weighted by atomic mass is 10.0. The molecule has 1 amide bonds. The van der Waals surface area contributed by atoms with E-state index in [2.05, 4.69) is 10.0 Å². The summed E-state index contributed by atoms with van der Waals surface area (Å²) in [6.45, 7) is -0.577. The Labute approximate surface area is 207 Å². The van der Waals surface area contributed by atoms with E-state index in [0.717, 1.165) is 5.56 Å². The van der Waals surface area contributed by atoms with Crippen molar-refractivity contribution in [2.45, 2.75) is 23.9 Å². The maximum Gasteiger partial charge on any atom is 0.341 e. The minimum absolute atomic E-state index is 0.0329. The Kier molecular flexibility index (Phi) is 8.76. The number of ether oxygens (including phenoxy) is 1. The summed E-state index contributed by atoms with van der Waals surface area (Å²) in [6, 6.07) is 19.2. The van der Waals surface area contributed by atoms with Gasteiger partial charge in [0.2, 0.25) is 15.9 Å². The highest BCUT2D eigenvalue weighted by Crippen LogP contribution is 2.22. The molecule has 0 saturated heterocycles. The molecule has 4 N–H and O–H groups in total. The quantitative estimate of drug-likeness (QED) is 0.287. The Morgan fingerprint density at radius 1 is 0.861 bits per heavy atom. The number of carbonyl (C=O) groups is 3. The van der Waals surface area contributed by atoms with Gasteiger partial charge in [0.25, 0.3) is 0 Å². The van der Waals surface area contributed by atoms with Crippen molar-refractivity contribution in [2.24, 2.45) is 0 Å². The summed E-state index contributed by atoms with van der Waals surface area (Å²) in [6.07, 6.45) is -0.174. The van der Waals surface area contributed by atoms with Crippen LogP contribution in [0.15, 0.2) is 83.8 Å². The zero-order valence-electron chi connectivity index (χ0n) is 19.0. The van der Waals surface area contributed by atoms with E-state index in [1.54, 1.807) is 42.5 Å². The van der Waals surface area contributed by atoms with Crippen molar-refractivity contribution in [3.63, 3.8) is 0 Å². The van der Waals surface area contributed by atoms with E-state index < -0.39 is 40.5 Å². The number of hydrogen-bond donors (Lipinski definition) is 4. The van der Waals surface area contributed by atoms with E-state index in [1.807, 2.05) is 6.07 Å². The number of carboxylic acid groups (broad SMARTS) is 2. The molecule has 0 aliphatic carbocycles. The molecule has 3 rings (SSSR count). The van der Waals surface area contributed by atoms with Crippen LogP contribution in [0.2, 0.25) is 0 Å². The van der Waals surface area contributed by atoms with Gasteiger partial charge in [0.05, 0.1) is 4.90 Å². The van der Waals surface area contributed by atoms with Crippen LogP contribution in [0.3, 0.4) is 0 Å². The molecular formula is C25H24N2O8S. The highest BCUT2D eigenvalue weighted by Gasteiger charge is 2.27. The molecule has 0 aromatic heterocycles. The fourth-order valence-electron chi connectivity index (χ4n) is 3.32. The smallest absolute Gasteiger partial charge is 0.341 e. The average molecular weight is 513 g/mol. The maximum absolute atomic E-state index is 13.0. The van der Waals surface area contributed by atoms with Crippen molar-refractivity contribution in [3.8, 4) is 5.75 Å². The summed E-state index contributed by atoms with van der Waals surface area (Å²) in [5.41, 5.74) is 0.817. The number of benzene rings is 3. The lowest BCUT2D eigenvalue weighted by Gasteiger charge is -2.19. The number of aromatic carboxylic acids is 1. The van der Waals surface area contributed by atoms with Crippen molar-refractivity contribution >= 4 is 27.9 Å². The highest BCUT2D eigenvalue weighted by atomic mass is 32.2. The van der Waals surface area contributed by atoms with Gasteiger partial charge in [-0.2, -0.15) is 4.72 Å². The van der Waals surface area contributed by atoms with E-state index in [0.29, 0.717) is 5.56 Å². The Bertz CT molecular complexity index is 1330. The molecule has 36 heavy (non-hydrogen) atoms. The molecule has 0 heterocycles. The van der Waals surface area contributed by atoms with E-state index in [4.69, 9.17) is 9.84 Å². The second kappa shape index (κ2) is 12.0. The monoisotopic (exact) mass is 512 g/mol. The van der Waals surface area contributed by atoms with Gasteiger partial charge in [-0.3, -0.25) is 4.79 Å². The number of nitrogens with one attached hydrogen (secondary N) is 2. The molecule has 0 fully saturated rings. The number of hydrogen-bond acceptors (Lipinski definition) is 6. The first-order chi connectivity index (χ1) is 17.2. The number of sulfonamides is 1. The van der Waals surface area contributed by atoms with Crippen LogP contribution in [0.25, 0.3) is 0 Å². The fourth-order valence-corrected chi connectivity index (χ4v) is 4.54. The molecule has 3 aromatic carbocycles. The van der Waals surface area contributed by atoms with Gasteiger partial charge in [0.1, 0.15) is 17.4 Å². The van der Waals surface area contributed by atoms with Crippen molar-refractivity contribution < 1.29 is 37.8 Å². The van der Waals surface area contributed by atoms with Gasteiger partial charge in [-0.05, 0) is 41.8 Å². The highest BCUT2D eigenvalue weighted by molar-refractivity contribution is 7.89. The van der Waals surface area contributed by atoms with Crippen molar-refractivity contribution in [3.05, 3.63) is 95.6 Å². The van der Waals surface area contributed by atoms with Crippen LogP contribution in [0.1, 0.15) is 21.5 Å². The number of carboxylic acids is 2. The zero-order valence-corrected chi connectivity index (χ0v) is 19.8. The molecule has 0 radical (unpaired) electrons. The summed E-state index contributed by atoms with van der Waals surface area (Å²) in [5.74, 6) is -3.42. The lowest BCUT2D eigenvalue weighted by Crippen LogP contribution is -2.47. The Balaban J connectivity index is 1.87. The average Bonchev–Trinajstić information content (AvgIpc) is 2.87. The third kappa shape index (κ3) is 7.39. The largest absolute Gasteiger partial charge is 0.481 e. The van der Waals surface area contributed by atoms with Gasteiger partial charge in [-0.1, -0.05) is 54.6 Å². The lowest BCUT2D eigenvalue weighted by molar-refractivity contribution is -0.139. The van der Waals surface area contributed by atoms with Crippen LogP contribution in [0, 0.1) is 0 Å². The number of aliphatic carboxylic acids is 1. The molecule has 10 nitrogen and oxygen atoms in total. The van der Waals surface area contributed by atoms with Crippen LogP contribution >= 0.6 is 0 Å². The molecule has 11 heteroatoms. The fraction of sp³-hybridized carbons (Fsp3) is 0.160. The second-order valence-corrected chi connectivity index (χ2v) is 9.43. The van der Waals surface area contributed by atoms with Gasteiger partial charge in [0, 0.05) is 6.54 Å². The SMILES string of the molecule is O=C(O)COc1ccc(C[C@H](NS(=O)(=O)c2ccccc2)C(=O)NCc2ccccc2)cc1C(=O)O. The molecule has 0 aliphatic rings. The zero-order chi connectivity index (χ0) is 26.1. The standard InChI is InChI=1S/C25H24N2O8S/c28-23(29)16-35-22-12-11-18(13-20(22)25(31)32)14-21(24(30)26-15-17-7-3-1-4-8-17)27-36(33,34)19-9-5-2-6-10-19/h1-13,21,27H,14-16H2,(H,26,30)(H,28,29)(H,31,32)/t21-/m0/s1. The van der Waals surface area contributed by atoms with Gasteiger partial charge >= 0.3 is 11.9 Å². The summed E-state index contributed by atoms with van der Waals surface area (Å²) in [7, 11) is -4.08. The van der Waals surface area contributed by atoms with Gasteiger partial charge in [-0.25, -0.2) is 18.0 Å². The van der Waals surface area contributed by atoms with Gasteiger partial charge in [-0.15, -0.1) is 0 Å². The Morgan fingerprint density at radius 3 is 2.11 bits per heavy atom. The van der Waals surface area contributed by atoms with Gasteiger partial charge in [0.15, 0.2) is 6.61 Å². The molecule has 0 spiro atoms. The van der Waals surface area contributed by atoms with Crippen LogP contribution < -0.4 is 14.8 Å². The minimum Gasteiger partial charge on any atom is -0.481 e. The molecule has 1 atom stereocenters. The van der Waals surface area contributed by atoms with Crippen LogP contribution in [0.5, 0.6) is 5.75 Å². The maximum atomic E-state index is 13.0. The predicted octanol–water partition coefficient (Wildman–Crippen LogP) is 2.05. The van der Waals surface area contributed by atoms with Crippen molar-refractivity contribution in [2.75, 3.05) is 6.61 Å². The molecule has 3 aromatic rings. The molecule has 0 bridgehead atoms. The minimum atomic E-state index is -4.08. The van der Waals surface area contributed by atoms with E-state index in [1.165, 1.54) is 30.3 Å². The first-order valence-corrected chi connectivity index (χ1v) is 12.2. The van der Waals surface area contributed by atoms with E-state index in [-0.39, 0.29) is 29.2 Å². The topological polar surface area (TPSA) is 159 Å². The van der Waals surface area contributed by atoms with Crippen LogP contribution in [-0.4, -0.2) is 49.1 Å². The summed E-state index contributed by atoms with van der Waals surface area (Å²) in [5, 5.41) is 21.0. The van der Waals surface area contributed by atoms with Crippen LogP contribution in [0.4, 0.5) is 0 Å². The van der Waals surface area contributed by atoms with Crippen molar-refractivity contribution in [1.29, 1.82) is 0 Å². The predicted molar refractivity (Wildman–Crippen MR) is 129 cm³/mol. The summed E-state index contributed by atoms with van der Waals surface area (Å²) >= 11 is 0. The van der Waals surface area contributed by atoms with E-state index in [9.17, 15) is 27.9 Å². The molecule has 0 aliphatic heterocycles. The molecule has 0 saturated carbocycles. The third-order valence-electron chi connectivity index (χ3n) is 5.04. The van der Waals surface area contributed by atoms with Crippen LogP contribution in [-0.2, 0) is 32.6 Å². The number of carbonyl (C=O) groups excluding carboxylic acids is 1. The first kappa shape index (κ1) is 26.4. The summed E-state index contributed by atoms with van der Waals surface area (Å²) < 4.78 is 33.3. The molecular weight excluding hydrogens is 488 g/mol. The third-order valence-corrected chi connectivity index (χ3v) is 6.53. The van der Waals surface area contributed by atoms with E-state index >= 15 is 0 Å². The van der Waals surface area contributed by atoms with Crippen molar-refractivity contribution in [1.82, 2.24) is 10.0 Å². The second-order valence-electron chi connectivity index (χ2n) is 7.71. The molecule has 0 unspecified atom stereocenters. The number of amides is 1. The van der Waals surface area contributed by atoms with Gasteiger partial charge < -0.3 is 20.3 Å². The normalized spacial score (nSPS) is 11.9. The molecule has 188 valence electrons.